The second kappa shape index (κ2) is 10.9. The number of benzene rings is 4. The molecule has 4 aromatic carbocycles. The first-order valence-electron chi connectivity index (χ1n) is 10.9. The molecule has 0 heterocycles. The predicted octanol–water partition coefficient (Wildman–Crippen LogP) is 5.49. The second-order valence-corrected chi connectivity index (χ2v) is 9.74. The maximum atomic E-state index is 13.1. The molecule has 192 valence electrons. The van der Waals surface area contributed by atoms with Crippen molar-refractivity contribution in [3.8, 4) is 11.5 Å². The van der Waals surface area contributed by atoms with Crippen LogP contribution in [-0.4, -0.2) is 24.2 Å². The lowest BCUT2D eigenvalue weighted by atomic mass is 10.2. The van der Waals surface area contributed by atoms with Gasteiger partial charge < -0.3 is 9.47 Å². The molecule has 0 saturated carbocycles. The highest BCUT2D eigenvalue weighted by molar-refractivity contribution is 7.91. The Balaban J connectivity index is 1.44. The van der Waals surface area contributed by atoms with Gasteiger partial charge in [-0.25, -0.2) is 13.2 Å². The average Bonchev–Trinajstić information content (AvgIpc) is 2.93. The zero-order valence-corrected chi connectivity index (χ0v) is 20.2. The molecule has 0 spiro atoms. The van der Waals surface area contributed by atoms with Gasteiger partial charge >= 0.3 is 5.97 Å². The van der Waals surface area contributed by atoms with Gasteiger partial charge in [0.15, 0.2) is 0 Å². The Bertz CT molecular complexity index is 1600. The zero-order chi connectivity index (χ0) is 27.3. The van der Waals surface area contributed by atoms with Gasteiger partial charge in [-0.05, 0) is 54.1 Å². The Hall–Kier alpha value is -5.10. The lowest BCUT2D eigenvalue weighted by Gasteiger charge is -2.11. The summed E-state index contributed by atoms with van der Waals surface area (Å²) in [5, 5.41) is 21.6. The van der Waals surface area contributed by atoms with Crippen molar-refractivity contribution in [3.63, 3.8) is 0 Å². The molecule has 0 aliphatic heterocycles. The van der Waals surface area contributed by atoms with Crippen molar-refractivity contribution < 1.29 is 32.5 Å². The van der Waals surface area contributed by atoms with Crippen LogP contribution in [0.5, 0.6) is 11.5 Å². The molecular weight excluding hydrogens is 516 g/mol. The first-order valence-corrected chi connectivity index (χ1v) is 12.4. The Labute approximate surface area is 216 Å². The van der Waals surface area contributed by atoms with Gasteiger partial charge in [0.25, 0.3) is 11.4 Å². The number of hydrogen-bond donors (Lipinski definition) is 0. The summed E-state index contributed by atoms with van der Waals surface area (Å²) in [5.74, 6) is -0.00799. The number of esters is 1. The Morgan fingerprint density at radius 1 is 0.711 bits per heavy atom. The fourth-order valence-electron chi connectivity index (χ4n) is 3.40. The number of hydrogen-bond acceptors (Lipinski definition) is 9. The molecule has 0 N–H and O–H groups in total. The van der Waals surface area contributed by atoms with Gasteiger partial charge in [-0.3, -0.25) is 20.2 Å². The summed E-state index contributed by atoms with van der Waals surface area (Å²) >= 11 is 0. The third-order valence-electron chi connectivity index (χ3n) is 5.33. The third kappa shape index (κ3) is 5.82. The molecule has 4 aromatic rings. The lowest BCUT2D eigenvalue weighted by Crippen LogP contribution is -2.12. The van der Waals surface area contributed by atoms with E-state index in [1.807, 2.05) is 0 Å². The lowest BCUT2D eigenvalue weighted by molar-refractivity contribution is -0.385. The molecule has 4 rings (SSSR count). The Morgan fingerprint density at radius 2 is 1.21 bits per heavy atom. The van der Waals surface area contributed by atoms with Crippen LogP contribution in [0.1, 0.15) is 15.9 Å². The molecule has 12 heteroatoms. The van der Waals surface area contributed by atoms with Gasteiger partial charge in [0.2, 0.25) is 9.84 Å². The fourth-order valence-corrected chi connectivity index (χ4v) is 4.84. The zero-order valence-electron chi connectivity index (χ0n) is 19.4. The normalized spacial score (nSPS) is 10.9. The third-order valence-corrected chi connectivity index (χ3v) is 7.16. The molecular formula is C26H18N2O9S. The van der Waals surface area contributed by atoms with Crippen molar-refractivity contribution in [2.75, 3.05) is 0 Å². The van der Waals surface area contributed by atoms with Crippen LogP contribution in [0, 0.1) is 20.2 Å². The van der Waals surface area contributed by atoms with Gasteiger partial charge in [-0.1, -0.05) is 24.3 Å². The fraction of sp³-hybridized carbons (Fsp3) is 0.0385. The van der Waals surface area contributed by atoms with E-state index in [9.17, 15) is 33.4 Å². The monoisotopic (exact) mass is 534 g/mol. The molecule has 0 unspecified atom stereocenters. The summed E-state index contributed by atoms with van der Waals surface area (Å²) in [6, 6.07) is 22.0. The van der Waals surface area contributed by atoms with E-state index in [-0.39, 0.29) is 33.3 Å². The van der Waals surface area contributed by atoms with Crippen molar-refractivity contribution in [3.05, 3.63) is 128 Å². The van der Waals surface area contributed by atoms with E-state index in [2.05, 4.69) is 0 Å². The van der Waals surface area contributed by atoms with E-state index < -0.39 is 25.7 Å². The number of rotatable bonds is 9. The minimum Gasteiger partial charge on any atom is -0.457 e. The van der Waals surface area contributed by atoms with Gasteiger partial charge in [0, 0.05) is 24.3 Å². The first-order chi connectivity index (χ1) is 18.1. The highest BCUT2D eigenvalue weighted by Gasteiger charge is 2.25. The van der Waals surface area contributed by atoms with Crippen molar-refractivity contribution >= 4 is 27.2 Å². The van der Waals surface area contributed by atoms with Crippen LogP contribution in [0.3, 0.4) is 0 Å². The maximum absolute atomic E-state index is 13.1. The standard InChI is InChI=1S/C26H18N2O9S/c29-26(24-3-1-2-4-25(24)38(34,35)23-15-9-20(10-16-23)28(32)33)36-17-18-5-11-21(12-6-18)37-22-13-7-19(8-14-22)27(30)31/h1-16H,17H2. The highest BCUT2D eigenvalue weighted by Crippen LogP contribution is 2.27. The van der Waals surface area contributed by atoms with Crippen LogP contribution < -0.4 is 4.74 Å². The van der Waals surface area contributed by atoms with E-state index in [1.54, 1.807) is 24.3 Å². The number of nitrogens with zero attached hydrogens (tertiary/aromatic N) is 2. The second-order valence-electron chi connectivity index (χ2n) is 7.82. The molecule has 0 amide bonds. The number of nitro groups is 2. The van der Waals surface area contributed by atoms with Gasteiger partial charge in [-0.2, -0.15) is 0 Å². The van der Waals surface area contributed by atoms with E-state index in [1.165, 1.54) is 48.5 Å². The topological polar surface area (TPSA) is 156 Å². The van der Waals surface area contributed by atoms with E-state index >= 15 is 0 Å². The van der Waals surface area contributed by atoms with E-state index in [4.69, 9.17) is 9.47 Å². The van der Waals surface area contributed by atoms with Gasteiger partial charge in [0.1, 0.15) is 18.1 Å². The molecule has 0 bridgehead atoms. The number of nitro benzene ring substituents is 2. The summed E-state index contributed by atoms with van der Waals surface area (Å²) in [6.07, 6.45) is 0. The van der Waals surface area contributed by atoms with Crippen molar-refractivity contribution in [1.29, 1.82) is 0 Å². The first kappa shape index (κ1) is 26.0. The number of carbonyl (C=O) groups excluding carboxylic acids is 1. The molecule has 38 heavy (non-hydrogen) atoms. The highest BCUT2D eigenvalue weighted by atomic mass is 32.2. The van der Waals surface area contributed by atoms with Crippen molar-refractivity contribution in [1.82, 2.24) is 0 Å². The van der Waals surface area contributed by atoms with Crippen LogP contribution >= 0.6 is 0 Å². The summed E-state index contributed by atoms with van der Waals surface area (Å²) in [4.78, 5) is 32.8. The van der Waals surface area contributed by atoms with Crippen LogP contribution in [0.25, 0.3) is 0 Å². The molecule has 0 aliphatic carbocycles. The van der Waals surface area contributed by atoms with Crippen LogP contribution in [0.15, 0.2) is 107 Å². The Morgan fingerprint density at radius 3 is 1.76 bits per heavy atom. The summed E-state index contributed by atoms with van der Waals surface area (Å²) < 4.78 is 37.2. The predicted molar refractivity (Wildman–Crippen MR) is 134 cm³/mol. The molecule has 0 saturated heterocycles. The van der Waals surface area contributed by atoms with E-state index in [0.717, 1.165) is 24.3 Å². The molecule has 0 atom stereocenters. The van der Waals surface area contributed by atoms with Crippen molar-refractivity contribution in [2.45, 2.75) is 16.4 Å². The number of sulfone groups is 1. The maximum Gasteiger partial charge on any atom is 0.339 e. The molecule has 0 aromatic heterocycles. The number of ether oxygens (including phenoxy) is 2. The minimum absolute atomic E-state index is 0.0587. The average molecular weight is 535 g/mol. The molecule has 0 radical (unpaired) electrons. The SMILES string of the molecule is O=C(OCc1ccc(Oc2ccc([N+](=O)[O-])cc2)cc1)c1ccccc1S(=O)(=O)c1ccc([N+](=O)[O-])cc1. The van der Waals surface area contributed by atoms with Crippen molar-refractivity contribution in [2.24, 2.45) is 0 Å². The van der Waals surface area contributed by atoms with Crippen LogP contribution in [0.2, 0.25) is 0 Å². The van der Waals surface area contributed by atoms with E-state index in [0.29, 0.717) is 17.1 Å². The number of carbonyl (C=O) groups is 1. The number of non-ortho nitro benzene ring substituents is 2. The largest absolute Gasteiger partial charge is 0.457 e. The summed E-state index contributed by atoms with van der Waals surface area (Å²) in [6.45, 7) is -0.150. The van der Waals surface area contributed by atoms with Gasteiger partial charge in [-0.15, -0.1) is 0 Å². The molecule has 0 aliphatic rings. The van der Waals surface area contributed by atoms with Gasteiger partial charge in [0.05, 0.1) is 25.2 Å². The molecule has 11 nitrogen and oxygen atoms in total. The quantitative estimate of drug-likeness (QED) is 0.154. The summed E-state index contributed by atoms with van der Waals surface area (Å²) in [7, 11) is -4.16. The minimum atomic E-state index is -4.16. The van der Waals surface area contributed by atoms with Crippen LogP contribution in [0.4, 0.5) is 11.4 Å². The molecule has 0 fully saturated rings. The summed E-state index contributed by atoms with van der Waals surface area (Å²) in [5.41, 5.74) is 0.103. The smallest absolute Gasteiger partial charge is 0.339 e. The van der Waals surface area contributed by atoms with Crippen LogP contribution in [-0.2, 0) is 21.2 Å². The Kier molecular flexibility index (Phi) is 7.44.